The molecule has 0 bridgehead atoms. The molecule has 2 atom stereocenters. The Bertz CT molecular complexity index is 537. The first-order chi connectivity index (χ1) is 12.6. The second-order valence-corrected chi connectivity index (χ2v) is 6.94. The molecular weight excluding hydrogens is 385 g/mol. The monoisotopic (exact) mass is 410 g/mol. The summed E-state index contributed by atoms with van der Waals surface area (Å²) in [5, 5.41) is 7.35. The molecule has 2 unspecified atom stereocenters. The van der Waals surface area contributed by atoms with Crippen molar-refractivity contribution < 1.29 is 32.6 Å². The third kappa shape index (κ3) is 8.70. The van der Waals surface area contributed by atoms with E-state index >= 15 is 0 Å². The van der Waals surface area contributed by atoms with E-state index < -0.39 is 12.1 Å². The predicted octanol–water partition coefficient (Wildman–Crippen LogP) is 2.97. The number of carbonyl (C=O) groups excluding carboxylic acids is 1. The average Bonchev–Trinajstić information content (AvgIpc) is 3.22. The number of carbonyl (C=O) groups is 2. The first-order valence-corrected chi connectivity index (χ1v) is 9.08. The van der Waals surface area contributed by atoms with Gasteiger partial charge in [-0.15, -0.1) is 0 Å². The second kappa shape index (κ2) is 11.2. The van der Waals surface area contributed by atoms with Gasteiger partial charge >= 0.3 is 18.2 Å². The second-order valence-electron chi connectivity index (χ2n) is 6.21. The lowest BCUT2D eigenvalue weighted by Crippen LogP contribution is -2.35. The number of likely N-dealkylation sites (tertiary alicyclic amines) is 2. The number of hydrogen-bond acceptors (Lipinski definition) is 5. The molecule has 0 aromatic rings. The Morgan fingerprint density at radius 3 is 2.41 bits per heavy atom. The minimum absolute atomic E-state index is 0.109. The summed E-state index contributed by atoms with van der Waals surface area (Å²) in [6, 6.07) is 0.109. The van der Waals surface area contributed by atoms with Crippen molar-refractivity contribution >= 4 is 24.7 Å². The molecule has 2 aliphatic rings. The number of amides is 1. The minimum atomic E-state index is -5.08. The maximum atomic E-state index is 12.0. The molecule has 2 rings (SSSR count). The van der Waals surface area contributed by atoms with Crippen molar-refractivity contribution in [1.82, 2.24) is 9.80 Å². The van der Waals surface area contributed by atoms with Gasteiger partial charge in [0.05, 0.1) is 6.04 Å². The van der Waals surface area contributed by atoms with Gasteiger partial charge in [-0.1, -0.05) is 24.8 Å². The Balaban J connectivity index is 0.000000445. The van der Waals surface area contributed by atoms with Crippen molar-refractivity contribution in [3.8, 4) is 0 Å². The van der Waals surface area contributed by atoms with Gasteiger partial charge < -0.3 is 14.7 Å². The molecular formula is C17H25F3N2O4S. The topological polar surface area (TPSA) is 70.1 Å². The molecule has 0 aromatic heterocycles. The number of halogens is 3. The highest BCUT2D eigenvalue weighted by Gasteiger charge is 2.38. The van der Waals surface area contributed by atoms with Crippen LogP contribution in [0.25, 0.3) is 0 Å². The Morgan fingerprint density at radius 2 is 1.89 bits per heavy atom. The summed E-state index contributed by atoms with van der Waals surface area (Å²) in [4.78, 5) is 25.1. The van der Waals surface area contributed by atoms with Crippen LogP contribution in [0.2, 0.25) is 0 Å². The van der Waals surface area contributed by atoms with E-state index in [2.05, 4.69) is 36.3 Å². The summed E-state index contributed by atoms with van der Waals surface area (Å²) < 4.78 is 36.9. The van der Waals surface area contributed by atoms with Crippen molar-refractivity contribution in [3.63, 3.8) is 0 Å². The Morgan fingerprint density at radius 1 is 1.30 bits per heavy atom. The first-order valence-electron chi connectivity index (χ1n) is 8.56. The highest BCUT2D eigenvalue weighted by atomic mass is 32.1. The Kier molecular flexibility index (Phi) is 9.71. The third-order valence-electron chi connectivity index (χ3n) is 4.04. The van der Waals surface area contributed by atoms with Gasteiger partial charge in [0.15, 0.2) is 0 Å². The SMILES string of the molecule is C=CCOC(=O)N1CC(S)CC1/C=C\CN1CCCC1.O=C(O)C(F)(F)F. The zero-order valence-corrected chi connectivity index (χ0v) is 15.8. The van der Waals surface area contributed by atoms with E-state index in [9.17, 15) is 18.0 Å². The molecule has 0 spiro atoms. The maximum Gasteiger partial charge on any atom is 0.490 e. The van der Waals surface area contributed by atoms with Crippen LogP contribution in [0.1, 0.15) is 19.3 Å². The van der Waals surface area contributed by atoms with E-state index in [0.717, 1.165) is 13.0 Å². The smallest absolute Gasteiger partial charge is 0.475 e. The van der Waals surface area contributed by atoms with Gasteiger partial charge in [-0.3, -0.25) is 4.90 Å². The molecule has 2 aliphatic heterocycles. The molecule has 2 heterocycles. The molecule has 154 valence electrons. The van der Waals surface area contributed by atoms with E-state index in [4.69, 9.17) is 14.6 Å². The summed E-state index contributed by atoms with van der Waals surface area (Å²) >= 11 is 4.49. The van der Waals surface area contributed by atoms with Crippen molar-refractivity contribution in [1.29, 1.82) is 0 Å². The van der Waals surface area contributed by atoms with E-state index in [-0.39, 0.29) is 24.0 Å². The molecule has 0 radical (unpaired) electrons. The lowest BCUT2D eigenvalue weighted by atomic mass is 10.2. The fourth-order valence-corrected chi connectivity index (χ4v) is 3.17. The number of ether oxygens (including phenoxy) is 1. The number of rotatable bonds is 5. The van der Waals surface area contributed by atoms with Crippen LogP contribution in [-0.4, -0.2) is 77.2 Å². The molecule has 0 aromatic carbocycles. The molecule has 1 amide bonds. The molecule has 0 saturated carbocycles. The molecule has 1 N–H and O–H groups in total. The van der Waals surface area contributed by atoms with Crippen LogP contribution in [0, 0.1) is 0 Å². The summed E-state index contributed by atoms with van der Waals surface area (Å²) in [6.07, 6.45) is 4.04. The summed E-state index contributed by atoms with van der Waals surface area (Å²) in [5.74, 6) is -2.76. The van der Waals surface area contributed by atoms with Gasteiger partial charge in [0, 0.05) is 18.3 Å². The van der Waals surface area contributed by atoms with Crippen molar-refractivity contribution in [2.45, 2.75) is 36.7 Å². The predicted molar refractivity (Wildman–Crippen MR) is 97.9 cm³/mol. The summed E-state index contributed by atoms with van der Waals surface area (Å²) in [6.45, 7) is 7.82. The number of aliphatic carboxylic acids is 1. The van der Waals surface area contributed by atoms with E-state index in [0.29, 0.717) is 6.54 Å². The molecule has 2 fully saturated rings. The van der Waals surface area contributed by atoms with Gasteiger partial charge in [0.2, 0.25) is 0 Å². The fourth-order valence-electron chi connectivity index (χ4n) is 2.78. The van der Waals surface area contributed by atoms with Crippen LogP contribution >= 0.6 is 12.6 Å². The van der Waals surface area contributed by atoms with Crippen LogP contribution in [0.3, 0.4) is 0 Å². The summed E-state index contributed by atoms with van der Waals surface area (Å²) in [7, 11) is 0. The number of hydrogen-bond donors (Lipinski definition) is 2. The van der Waals surface area contributed by atoms with Crippen LogP contribution in [0.5, 0.6) is 0 Å². The Labute approximate surface area is 162 Å². The van der Waals surface area contributed by atoms with Crippen LogP contribution in [0.15, 0.2) is 24.8 Å². The van der Waals surface area contributed by atoms with Crippen LogP contribution in [0.4, 0.5) is 18.0 Å². The van der Waals surface area contributed by atoms with Gasteiger partial charge in [0.25, 0.3) is 0 Å². The summed E-state index contributed by atoms with van der Waals surface area (Å²) in [5.41, 5.74) is 0. The fraction of sp³-hybridized carbons (Fsp3) is 0.647. The van der Waals surface area contributed by atoms with Crippen molar-refractivity contribution in [3.05, 3.63) is 24.8 Å². The molecule has 0 aliphatic carbocycles. The normalized spacial score (nSPS) is 23.2. The lowest BCUT2D eigenvalue weighted by molar-refractivity contribution is -0.192. The number of alkyl halides is 3. The highest BCUT2D eigenvalue weighted by Crippen LogP contribution is 2.23. The first kappa shape index (κ1) is 23.4. The number of carboxylic acids is 1. The van der Waals surface area contributed by atoms with E-state index in [1.54, 1.807) is 11.0 Å². The standard InChI is InChI=1S/C15H24N2O2S.C2HF3O2/c1-2-10-19-15(18)17-12-14(20)11-13(17)6-5-9-16-7-3-4-8-16;3-2(4,5)1(6)7/h2,5-6,13-14,20H,1,3-4,7-12H2;(H,6,7)/b6-5-;. The van der Waals surface area contributed by atoms with Gasteiger partial charge in [-0.2, -0.15) is 25.8 Å². The van der Waals surface area contributed by atoms with Gasteiger partial charge in [-0.05, 0) is 32.4 Å². The third-order valence-corrected chi connectivity index (χ3v) is 4.42. The van der Waals surface area contributed by atoms with Crippen molar-refractivity contribution in [2.24, 2.45) is 0 Å². The molecule has 10 heteroatoms. The Hall–Kier alpha value is -1.68. The molecule has 2 saturated heterocycles. The zero-order valence-electron chi connectivity index (χ0n) is 14.9. The number of carboxylic acid groups (broad SMARTS) is 1. The maximum absolute atomic E-state index is 12.0. The minimum Gasteiger partial charge on any atom is -0.475 e. The van der Waals surface area contributed by atoms with Gasteiger partial charge in [0.1, 0.15) is 6.61 Å². The zero-order chi connectivity index (χ0) is 20.4. The average molecular weight is 410 g/mol. The number of thiol groups is 1. The lowest BCUT2D eigenvalue weighted by Gasteiger charge is -2.21. The van der Waals surface area contributed by atoms with E-state index in [1.807, 2.05) is 0 Å². The van der Waals surface area contributed by atoms with E-state index in [1.165, 1.54) is 25.9 Å². The van der Waals surface area contributed by atoms with Crippen molar-refractivity contribution in [2.75, 3.05) is 32.8 Å². The largest absolute Gasteiger partial charge is 0.490 e. The number of nitrogens with zero attached hydrogens (tertiary/aromatic N) is 2. The molecule has 6 nitrogen and oxygen atoms in total. The molecule has 27 heavy (non-hydrogen) atoms. The van der Waals surface area contributed by atoms with Crippen LogP contribution in [-0.2, 0) is 9.53 Å². The van der Waals surface area contributed by atoms with Gasteiger partial charge in [-0.25, -0.2) is 9.59 Å². The van der Waals surface area contributed by atoms with Crippen LogP contribution < -0.4 is 0 Å². The highest BCUT2D eigenvalue weighted by molar-refractivity contribution is 7.81. The quantitative estimate of drug-likeness (QED) is 0.539.